The Bertz CT molecular complexity index is 489. The molecule has 1 aromatic carbocycles. The zero-order valence-electron chi connectivity index (χ0n) is 12.8. The highest BCUT2D eigenvalue weighted by Gasteiger charge is 2.39. The minimum Gasteiger partial charge on any atom is -0.316 e. The lowest BCUT2D eigenvalue weighted by atomic mass is 9.86. The Morgan fingerprint density at radius 2 is 1.95 bits per heavy atom. The van der Waals surface area contributed by atoms with Gasteiger partial charge >= 0.3 is 0 Å². The molecule has 1 aromatic rings. The van der Waals surface area contributed by atoms with Crippen LogP contribution >= 0.6 is 0 Å². The molecule has 3 heteroatoms. The van der Waals surface area contributed by atoms with Crippen molar-refractivity contribution in [3.8, 4) is 0 Å². The third kappa shape index (κ3) is 2.47. The summed E-state index contributed by atoms with van der Waals surface area (Å²) in [5, 5.41) is 10.8. The van der Waals surface area contributed by atoms with Gasteiger partial charge in [0.2, 0.25) is 0 Å². The zero-order chi connectivity index (χ0) is 14.1. The van der Waals surface area contributed by atoms with Crippen LogP contribution in [0.3, 0.4) is 0 Å². The SMILES string of the molecule is Cc1ccc(C2C3CCNCCC3=NN2C(C)C)cc1. The summed E-state index contributed by atoms with van der Waals surface area (Å²) in [5.74, 6) is 0.579. The van der Waals surface area contributed by atoms with E-state index in [9.17, 15) is 0 Å². The van der Waals surface area contributed by atoms with Crippen LogP contribution in [-0.2, 0) is 0 Å². The summed E-state index contributed by atoms with van der Waals surface area (Å²) in [4.78, 5) is 0. The Morgan fingerprint density at radius 3 is 2.65 bits per heavy atom. The quantitative estimate of drug-likeness (QED) is 0.895. The van der Waals surface area contributed by atoms with E-state index in [0.29, 0.717) is 18.0 Å². The Morgan fingerprint density at radius 1 is 1.20 bits per heavy atom. The zero-order valence-corrected chi connectivity index (χ0v) is 12.8. The Hall–Kier alpha value is -1.35. The van der Waals surface area contributed by atoms with E-state index in [0.717, 1.165) is 19.5 Å². The van der Waals surface area contributed by atoms with Crippen molar-refractivity contribution in [3.63, 3.8) is 0 Å². The number of aryl methyl sites for hydroxylation is 1. The predicted molar refractivity (Wildman–Crippen MR) is 83.9 cm³/mol. The Balaban J connectivity index is 1.95. The first-order valence-corrected chi connectivity index (χ1v) is 7.80. The number of nitrogens with one attached hydrogen (secondary N) is 1. The summed E-state index contributed by atoms with van der Waals surface area (Å²) in [6.07, 6.45) is 2.29. The van der Waals surface area contributed by atoms with E-state index in [4.69, 9.17) is 5.10 Å². The van der Waals surface area contributed by atoms with Crippen molar-refractivity contribution in [2.45, 2.75) is 45.7 Å². The molecular weight excluding hydrogens is 246 g/mol. The van der Waals surface area contributed by atoms with Gasteiger partial charge in [0.25, 0.3) is 0 Å². The first-order valence-electron chi connectivity index (χ1n) is 7.80. The van der Waals surface area contributed by atoms with Gasteiger partial charge in [-0.25, -0.2) is 0 Å². The van der Waals surface area contributed by atoms with E-state index < -0.39 is 0 Å². The smallest absolute Gasteiger partial charge is 0.0804 e. The molecule has 0 spiro atoms. The molecule has 1 N–H and O–H groups in total. The number of hydrazone groups is 1. The van der Waals surface area contributed by atoms with Crippen LogP contribution in [0.1, 0.15) is 43.9 Å². The number of nitrogens with zero attached hydrogens (tertiary/aromatic N) is 2. The maximum Gasteiger partial charge on any atom is 0.0804 e. The van der Waals surface area contributed by atoms with E-state index >= 15 is 0 Å². The van der Waals surface area contributed by atoms with Crippen LogP contribution in [-0.4, -0.2) is 29.9 Å². The van der Waals surface area contributed by atoms with Crippen LogP contribution in [0.25, 0.3) is 0 Å². The molecule has 0 amide bonds. The van der Waals surface area contributed by atoms with E-state index in [-0.39, 0.29) is 0 Å². The highest BCUT2D eigenvalue weighted by Crippen LogP contribution is 2.40. The number of hydrogen-bond donors (Lipinski definition) is 1. The van der Waals surface area contributed by atoms with Gasteiger partial charge in [0, 0.05) is 30.6 Å². The third-order valence-corrected chi connectivity index (χ3v) is 4.48. The van der Waals surface area contributed by atoms with Gasteiger partial charge in [-0.2, -0.15) is 5.10 Å². The second kappa shape index (κ2) is 5.57. The highest BCUT2D eigenvalue weighted by molar-refractivity contribution is 5.89. The highest BCUT2D eigenvalue weighted by atomic mass is 15.5. The van der Waals surface area contributed by atoms with Crippen molar-refractivity contribution >= 4 is 5.71 Å². The van der Waals surface area contributed by atoms with E-state index in [2.05, 4.69) is 55.4 Å². The monoisotopic (exact) mass is 271 g/mol. The second-order valence-electron chi connectivity index (χ2n) is 6.32. The van der Waals surface area contributed by atoms with Crippen LogP contribution in [0.5, 0.6) is 0 Å². The molecule has 3 nitrogen and oxygen atoms in total. The molecule has 2 aliphatic rings. The molecule has 2 aliphatic heterocycles. The lowest BCUT2D eigenvalue weighted by Crippen LogP contribution is -2.31. The van der Waals surface area contributed by atoms with Crippen LogP contribution in [0.2, 0.25) is 0 Å². The number of rotatable bonds is 2. The van der Waals surface area contributed by atoms with Gasteiger partial charge < -0.3 is 5.32 Å². The van der Waals surface area contributed by atoms with Crippen LogP contribution in [0, 0.1) is 12.8 Å². The average molecular weight is 271 g/mol. The Kier molecular flexibility index (Phi) is 3.79. The normalized spacial score (nSPS) is 26.4. The molecule has 1 saturated heterocycles. The minimum absolute atomic E-state index is 0.422. The summed E-state index contributed by atoms with van der Waals surface area (Å²) in [5.41, 5.74) is 4.13. The topological polar surface area (TPSA) is 27.6 Å². The Labute approximate surface area is 122 Å². The van der Waals surface area contributed by atoms with Crippen molar-refractivity contribution in [3.05, 3.63) is 35.4 Å². The van der Waals surface area contributed by atoms with Gasteiger partial charge in [-0.3, -0.25) is 5.01 Å². The summed E-state index contributed by atoms with van der Waals surface area (Å²) in [6.45, 7) is 8.82. The molecule has 1 fully saturated rings. The third-order valence-electron chi connectivity index (χ3n) is 4.48. The molecule has 3 rings (SSSR count). The van der Waals surface area contributed by atoms with Gasteiger partial charge in [0.15, 0.2) is 0 Å². The van der Waals surface area contributed by atoms with E-state index in [1.165, 1.54) is 23.3 Å². The van der Waals surface area contributed by atoms with E-state index in [1.807, 2.05) is 0 Å². The second-order valence-corrected chi connectivity index (χ2v) is 6.32. The van der Waals surface area contributed by atoms with Crippen molar-refractivity contribution in [1.82, 2.24) is 10.3 Å². The van der Waals surface area contributed by atoms with Gasteiger partial charge in [0.05, 0.1) is 6.04 Å². The molecule has 0 radical (unpaired) electrons. The van der Waals surface area contributed by atoms with Crippen LogP contribution < -0.4 is 5.32 Å². The first kappa shape index (κ1) is 13.6. The summed E-state index contributed by atoms with van der Waals surface area (Å²) >= 11 is 0. The van der Waals surface area contributed by atoms with Gasteiger partial charge in [-0.1, -0.05) is 29.8 Å². The maximum atomic E-state index is 4.96. The fraction of sp³-hybridized carbons (Fsp3) is 0.588. The molecule has 2 unspecified atom stereocenters. The summed E-state index contributed by atoms with van der Waals surface area (Å²) in [6, 6.07) is 9.89. The number of fused-ring (bicyclic) bond motifs is 1. The molecule has 20 heavy (non-hydrogen) atoms. The van der Waals surface area contributed by atoms with Crippen molar-refractivity contribution < 1.29 is 0 Å². The van der Waals surface area contributed by atoms with Gasteiger partial charge in [0.1, 0.15) is 0 Å². The molecule has 0 bridgehead atoms. The lowest BCUT2D eigenvalue weighted by molar-refractivity contribution is 0.156. The van der Waals surface area contributed by atoms with Crippen LogP contribution in [0.15, 0.2) is 29.4 Å². The largest absolute Gasteiger partial charge is 0.316 e. The first-order chi connectivity index (χ1) is 9.66. The van der Waals surface area contributed by atoms with Crippen molar-refractivity contribution in [2.75, 3.05) is 13.1 Å². The summed E-state index contributed by atoms with van der Waals surface area (Å²) in [7, 11) is 0. The van der Waals surface area contributed by atoms with E-state index in [1.54, 1.807) is 0 Å². The van der Waals surface area contributed by atoms with Gasteiger partial charge in [-0.15, -0.1) is 0 Å². The van der Waals surface area contributed by atoms with Gasteiger partial charge in [-0.05, 0) is 39.3 Å². The van der Waals surface area contributed by atoms with Crippen molar-refractivity contribution in [1.29, 1.82) is 0 Å². The summed E-state index contributed by atoms with van der Waals surface area (Å²) < 4.78 is 0. The lowest BCUT2D eigenvalue weighted by Gasteiger charge is -2.31. The van der Waals surface area contributed by atoms with Crippen molar-refractivity contribution in [2.24, 2.45) is 11.0 Å². The number of hydrogen-bond acceptors (Lipinski definition) is 3. The molecule has 108 valence electrons. The fourth-order valence-corrected chi connectivity index (χ4v) is 3.40. The molecular formula is C17H25N3. The number of benzene rings is 1. The molecule has 0 saturated carbocycles. The fourth-order valence-electron chi connectivity index (χ4n) is 3.40. The minimum atomic E-state index is 0.422. The molecule has 2 heterocycles. The standard InChI is InChI=1S/C17H25N3/c1-12(2)20-17(14-6-4-13(3)5-7-14)15-8-10-18-11-9-16(15)19-20/h4-7,12,15,17-18H,8-11H2,1-3H3. The van der Waals surface area contributed by atoms with Crippen LogP contribution in [0.4, 0.5) is 0 Å². The molecule has 0 aliphatic carbocycles. The maximum absolute atomic E-state index is 4.96. The molecule has 2 atom stereocenters. The average Bonchev–Trinajstić information content (AvgIpc) is 2.64. The molecule has 0 aromatic heterocycles. The predicted octanol–water partition coefficient (Wildman–Crippen LogP) is 3.12.